The molecule has 106 valence electrons. The van der Waals surface area contributed by atoms with Gasteiger partial charge in [-0.1, -0.05) is 0 Å². The minimum absolute atomic E-state index is 0.297. The predicted octanol–water partition coefficient (Wildman–Crippen LogP) is 0.770. The third kappa shape index (κ3) is 3.26. The third-order valence-electron chi connectivity index (χ3n) is 3.63. The molecule has 1 fully saturated rings. The van der Waals surface area contributed by atoms with Crippen LogP contribution in [-0.2, 0) is 10.0 Å². The molecule has 1 aromatic rings. The molecule has 5 nitrogen and oxygen atoms in total. The summed E-state index contributed by atoms with van der Waals surface area (Å²) in [7, 11) is -1.93. The van der Waals surface area contributed by atoms with Gasteiger partial charge >= 0.3 is 0 Å². The summed E-state index contributed by atoms with van der Waals surface area (Å²) in [6.45, 7) is 2.67. The molecule has 0 saturated carbocycles. The van der Waals surface area contributed by atoms with Gasteiger partial charge in [0, 0.05) is 18.8 Å². The number of sulfonamides is 1. The smallest absolute Gasteiger partial charge is 0.240 e. The molecule has 0 aliphatic carbocycles. The van der Waals surface area contributed by atoms with Gasteiger partial charge in [0.05, 0.1) is 4.90 Å². The molecule has 0 amide bonds. The van der Waals surface area contributed by atoms with E-state index in [0.29, 0.717) is 17.4 Å². The van der Waals surface area contributed by atoms with Crippen molar-refractivity contribution in [3.05, 3.63) is 24.3 Å². The number of rotatable bonds is 4. The lowest BCUT2D eigenvalue weighted by Crippen LogP contribution is -2.38. The number of piperidine rings is 1. The zero-order valence-corrected chi connectivity index (χ0v) is 12.0. The highest BCUT2D eigenvalue weighted by atomic mass is 32.2. The molecule has 19 heavy (non-hydrogen) atoms. The van der Waals surface area contributed by atoms with E-state index < -0.39 is 10.0 Å². The Morgan fingerprint density at radius 1 is 1.37 bits per heavy atom. The van der Waals surface area contributed by atoms with E-state index in [1.54, 1.807) is 12.1 Å². The molecular formula is C13H21N3O2S. The van der Waals surface area contributed by atoms with Gasteiger partial charge in [0.15, 0.2) is 0 Å². The van der Waals surface area contributed by atoms with Crippen LogP contribution in [0, 0.1) is 5.92 Å². The van der Waals surface area contributed by atoms with E-state index in [2.05, 4.69) is 9.62 Å². The van der Waals surface area contributed by atoms with Crippen LogP contribution in [-0.4, -0.2) is 35.1 Å². The fourth-order valence-electron chi connectivity index (χ4n) is 2.45. The van der Waals surface area contributed by atoms with E-state index in [4.69, 9.17) is 5.73 Å². The van der Waals surface area contributed by atoms with Crippen LogP contribution < -0.4 is 15.4 Å². The predicted molar refractivity (Wildman–Crippen MR) is 76.7 cm³/mol. The summed E-state index contributed by atoms with van der Waals surface area (Å²) in [5, 5.41) is 0. The second-order valence-corrected chi connectivity index (χ2v) is 6.78. The molecule has 3 N–H and O–H groups in total. The van der Waals surface area contributed by atoms with Crippen LogP contribution >= 0.6 is 0 Å². The first-order chi connectivity index (χ1) is 9.06. The molecule has 1 atom stereocenters. The third-order valence-corrected chi connectivity index (χ3v) is 5.06. The number of benzene rings is 1. The topological polar surface area (TPSA) is 75.4 Å². The van der Waals surface area contributed by atoms with Crippen molar-refractivity contribution in [2.75, 3.05) is 31.6 Å². The number of anilines is 1. The Bertz CT molecular complexity index is 513. The molecule has 1 unspecified atom stereocenters. The average Bonchev–Trinajstić information content (AvgIpc) is 2.47. The lowest BCUT2D eigenvalue weighted by molar-refractivity contribution is 0.423. The molecule has 6 heteroatoms. The Morgan fingerprint density at radius 3 is 2.63 bits per heavy atom. The van der Waals surface area contributed by atoms with Gasteiger partial charge in [-0.15, -0.1) is 0 Å². The average molecular weight is 283 g/mol. The zero-order valence-electron chi connectivity index (χ0n) is 11.2. The summed E-state index contributed by atoms with van der Waals surface area (Å²) >= 11 is 0. The van der Waals surface area contributed by atoms with E-state index in [1.807, 2.05) is 12.1 Å². The molecule has 1 aliphatic heterocycles. The van der Waals surface area contributed by atoms with Crippen molar-refractivity contribution in [2.45, 2.75) is 17.7 Å². The monoisotopic (exact) mass is 283 g/mol. The molecule has 2 rings (SSSR count). The first-order valence-electron chi connectivity index (χ1n) is 6.55. The Morgan fingerprint density at radius 2 is 2.05 bits per heavy atom. The van der Waals surface area contributed by atoms with E-state index in [-0.39, 0.29) is 0 Å². The molecule has 0 spiro atoms. The normalized spacial score (nSPS) is 20.5. The van der Waals surface area contributed by atoms with Crippen molar-refractivity contribution < 1.29 is 8.42 Å². The highest BCUT2D eigenvalue weighted by Crippen LogP contribution is 2.23. The van der Waals surface area contributed by atoms with Crippen LogP contribution in [0.5, 0.6) is 0 Å². The number of nitrogens with one attached hydrogen (secondary N) is 1. The Hall–Kier alpha value is -1.11. The van der Waals surface area contributed by atoms with Crippen molar-refractivity contribution in [1.82, 2.24) is 4.72 Å². The zero-order chi connectivity index (χ0) is 13.9. The van der Waals surface area contributed by atoms with E-state index in [9.17, 15) is 8.42 Å². The summed E-state index contributed by atoms with van der Waals surface area (Å²) in [5.41, 5.74) is 6.79. The molecule has 1 heterocycles. The van der Waals surface area contributed by atoms with Crippen LogP contribution in [0.15, 0.2) is 29.2 Å². The van der Waals surface area contributed by atoms with Crippen molar-refractivity contribution in [2.24, 2.45) is 11.7 Å². The molecular weight excluding hydrogens is 262 g/mol. The van der Waals surface area contributed by atoms with Gasteiger partial charge in [0.25, 0.3) is 0 Å². The summed E-state index contributed by atoms with van der Waals surface area (Å²) in [5.74, 6) is 0.537. The summed E-state index contributed by atoms with van der Waals surface area (Å²) in [4.78, 5) is 2.57. The van der Waals surface area contributed by atoms with E-state index >= 15 is 0 Å². The standard InChI is InChI=1S/C13H21N3O2S/c1-15-19(17,18)13-6-4-12(5-7-13)16-8-2-3-11(9-14)10-16/h4-7,11,15H,2-3,8-10,14H2,1H3. The summed E-state index contributed by atoms with van der Waals surface area (Å²) < 4.78 is 25.6. The van der Waals surface area contributed by atoms with Crippen LogP contribution in [0.3, 0.4) is 0 Å². The lowest BCUT2D eigenvalue weighted by atomic mass is 9.98. The first kappa shape index (κ1) is 14.3. The molecule has 1 aromatic carbocycles. The van der Waals surface area contributed by atoms with Gasteiger partial charge in [0.1, 0.15) is 0 Å². The minimum atomic E-state index is -3.35. The van der Waals surface area contributed by atoms with Gasteiger partial charge in [0.2, 0.25) is 10.0 Å². The molecule has 0 aromatic heterocycles. The maximum atomic E-state index is 11.6. The van der Waals surface area contributed by atoms with E-state index in [1.165, 1.54) is 13.5 Å². The number of hydrogen-bond donors (Lipinski definition) is 2. The van der Waals surface area contributed by atoms with Gasteiger partial charge in [-0.05, 0) is 56.6 Å². The second kappa shape index (κ2) is 5.90. The molecule has 1 saturated heterocycles. The number of nitrogens with two attached hydrogens (primary N) is 1. The Kier molecular flexibility index (Phi) is 4.44. The van der Waals surface area contributed by atoms with Crippen LogP contribution in [0.25, 0.3) is 0 Å². The largest absolute Gasteiger partial charge is 0.371 e. The van der Waals surface area contributed by atoms with Gasteiger partial charge in [-0.2, -0.15) is 0 Å². The van der Waals surface area contributed by atoms with Crippen molar-refractivity contribution in [1.29, 1.82) is 0 Å². The SMILES string of the molecule is CNS(=O)(=O)c1ccc(N2CCCC(CN)C2)cc1. The molecule has 0 radical (unpaired) electrons. The van der Waals surface area contributed by atoms with Crippen molar-refractivity contribution in [3.63, 3.8) is 0 Å². The fourth-order valence-corrected chi connectivity index (χ4v) is 3.18. The first-order valence-corrected chi connectivity index (χ1v) is 8.04. The Balaban J connectivity index is 2.14. The maximum Gasteiger partial charge on any atom is 0.240 e. The van der Waals surface area contributed by atoms with E-state index in [0.717, 1.165) is 25.2 Å². The number of hydrogen-bond acceptors (Lipinski definition) is 4. The number of nitrogens with zero attached hydrogens (tertiary/aromatic N) is 1. The van der Waals surface area contributed by atoms with Crippen molar-refractivity contribution >= 4 is 15.7 Å². The van der Waals surface area contributed by atoms with Crippen LogP contribution in [0.1, 0.15) is 12.8 Å². The molecule has 0 bridgehead atoms. The minimum Gasteiger partial charge on any atom is -0.371 e. The quantitative estimate of drug-likeness (QED) is 0.856. The summed E-state index contributed by atoms with van der Waals surface area (Å²) in [6.07, 6.45) is 2.32. The lowest BCUT2D eigenvalue weighted by Gasteiger charge is -2.34. The van der Waals surface area contributed by atoms with Crippen LogP contribution in [0.2, 0.25) is 0 Å². The summed E-state index contributed by atoms with van der Waals surface area (Å²) in [6, 6.07) is 7.02. The highest BCUT2D eigenvalue weighted by molar-refractivity contribution is 7.89. The van der Waals surface area contributed by atoms with Gasteiger partial charge < -0.3 is 10.6 Å². The van der Waals surface area contributed by atoms with Crippen LogP contribution in [0.4, 0.5) is 5.69 Å². The highest BCUT2D eigenvalue weighted by Gasteiger charge is 2.19. The molecule has 1 aliphatic rings. The van der Waals surface area contributed by atoms with Gasteiger partial charge in [-0.25, -0.2) is 13.1 Å². The Labute approximate surface area is 114 Å². The second-order valence-electron chi connectivity index (χ2n) is 4.89. The van der Waals surface area contributed by atoms with Gasteiger partial charge in [-0.3, -0.25) is 0 Å². The van der Waals surface area contributed by atoms with Crippen molar-refractivity contribution in [3.8, 4) is 0 Å². The fraction of sp³-hybridized carbons (Fsp3) is 0.538. The maximum absolute atomic E-state index is 11.6.